The molecule has 0 saturated carbocycles. The van der Waals surface area contributed by atoms with Crippen molar-refractivity contribution in [3.05, 3.63) is 53.6 Å². The third-order valence-electron chi connectivity index (χ3n) is 4.88. The van der Waals surface area contributed by atoms with E-state index in [9.17, 15) is 0 Å². The van der Waals surface area contributed by atoms with Crippen LogP contribution in [-0.2, 0) is 0 Å². The molecule has 0 radical (unpaired) electrons. The number of methoxy groups -OCH3 is 1. The molecule has 4 nitrogen and oxygen atoms in total. The van der Waals surface area contributed by atoms with Crippen molar-refractivity contribution in [3.63, 3.8) is 0 Å². The SMILES string of the molecule is COc1ccc(C)cc1NC(=S)N1CCN(c2ccc(C)cc2)C(C)C1. The summed E-state index contributed by atoms with van der Waals surface area (Å²) >= 11 is 5.67. The number of ether oxygens (including phenoxy) is 1. The summed E-state index contributed by atoms with van der Waals surface area (Å²) < 4.78 is 5.45. The third kappa shape index (κ3) is 4.10. The molecule has 1 N–H and O–H groups in total. The minimum atomic E-state index is 0.394. The number of benzene rings is 2. The molecule has 1 aliphatic heterocycles. The Kier molecular flexibility index (Phi) is 5.67. The van der Waals surface area contributed by atoms with Crippen LogP contribution in [0.1, 0.15) is 18.1 Å². The predicted octanol–water partition coefficient (Wildman–Crippen LogP) is 4.22. The van der Waals surface area contributed by atoms with E-state index in [0.29, 0.717) is 6.04 Å². The molecule has 3 rings (SSSR count). The zero-order chi connectivity index (χ0) is 18.7. The summed E-state index contributed by atoms with van der Waals surface area (Å²) in [6.45, 7) is 9.19. The smallest absolute Gasteiger partial charge is 0.173 e. The van der Waals surface area contributed by atoms with Gasteiger partial charge in [-0.15, -0.1) is 0 Å². The lowest BCUT2D eigenvalue weighted by atomic mass is 10.1. The number of nitrogens with zero attached hydrogens (tertiary/aromatic N) is 2. The summed E-state index contributed by atoms with van der Waals surface area (Å²) in [5, 5.41) is 4.12. The van der Waals surface area contributed by atoms with Crippen molar-refractivity contribution >= 4 is 28.7 Å². The number of thiocarbonyl (C=S) groups is 1. The fourth-order valence-electron chi connectivity index (χ4n) is 3.38. The zero-order valence-electron chi connectivity index (χ0n) is 16.0. The van der Waals surface area contributed by atoms with Gasteiger partial charge in [-0.25, -0.2) is 0 Å². The van der Waals surface area contributed by atoms with Crippen LogP contribution in [0.25, 0.3) is 0 Å². The molecule has 1 aliphatic rings. The second-order valence-corrected chi connectivity index (χ2v) is 7.34. The molecular formula is C21H27N3OS. The van der Waals surface area contributed by atoms with Crippen LogP contribution in [0.3, 0.4) is 0 Å². The monoisotopic (exact) mass is 369 g/mol. The van der Waals surface area contributed by atoms with Crippen molar-refractivity contribution in [3.8, 4) is 5.75 Å². The topological polar surface area (TPSA) is 27.7 Å². The van der Waals surface area contributed by atoms with Crippen molar-refractivity contribution in [1.29, 1.82) is 0 Å². The summed E-state index contributed by atoms with van der Waals surface area (Å²) in [6, 6.07) is 15.2. The lowest BCUT2D eigenvalue weighted by Gasteiger charge is -2.42. The molecule has 1 atom stereocenters. The van der Waals surface area contributed by atoms with E-state index in [0.717, 1.165) is 36.2 Å². The van der Waals surface area contributed by atoms with E-state index in [2.05, 4.69) is 66.2 Å². The highest BCUT2D eigenvalue weighted by molar-refractivity contribution is 7.80. The molecule has 5 heteroatoms. The van der Waals surface area contributed by atoms with Gasteiger partial charge in [0.2, 0.25) is 0 Å². The number of rotatable bonds is 3. The van der Waals surface area contributed by atoms with Crippen molar-refractivity contribution < 1.29 is 4.74 Å². The van der Waals surface area contributed by atoms with E-state index in [1.807, 2.05) is 12.1 Å². The Bertz CT molecular complexity index is 775. The zero-order valence-corrected chi connectivity index (χ0v) is 16.8. The summed E-state index contributed by atoms with van der Waals surface area (Å²) in [6.07, 6.45) is 0. The van der Waals surface area contributed by atoms with Gasteiger partial charge < -0.3 is 19.9 Å². The van der Waals surface area contributed by atoms with Crippen LogP contribution in [0.2, 0.25) is 0 Å². The highest BCUT2D eigenvalue weighted by Gasteiger charge is 2.25. The highest BCUT2D eigenvalue weighted by atomic mass is 32.1. The van der Waals surface area contributed by atoms with Gasteiger partial charge in [0, 0.05) is 31.4 Å². The lowest BCUT2D eigenvalue weighted by molar-refractivity contribution is 0.342. The minimum Gasteiger partial charge on any atom is -0.495 e. The molecule has 1 heterocycles. The molecule has 2 aromatic carbocycles. The van der Waals surface area contributed by atoms with Crippen molar-refractivity contribution in [2.45, 2.75) is 26.8 Å². The van der Waals surface area contributed by atoms with Crippen LogP contribution in [0.4, 0.5) is 11.4 Å². The molecular weight excluding hydrogens is 342 g/mol. The van der Waals surface area contributed by atoms with Gasteiger partial charge in [-0.1, -0.05) is 23.8 Å². The van der Waals surface area contributed by atoms with Crippen molar-refractivity contribution in [1.82, 2.24) is 4.90 Å². The summed E-state index contributed by atoms with van der Waals surface area (Å²) in [5.41, 5.74) is 4.67. The van der Waals surface area contributed by atoms with Crippen LogP contribution in [0.5, 0.6) is 5.75 Å². The van der Waals surface area contributed by atoms with Crippen LogP contribution in [-0.4, -0.2) is 42.8 Å². The Morgan fingerprint density at radius 3 is 2.42 bits per heavy atom. The number of aryl methyl sites for hydroxylation is 2. The fraction of sp³-hybridized carbons (Fsp3) is 0.381. The van der Waals surface area contributed by atoms with E-state index in [4.69, 9.17) is 17.0 Å². The first-order chi connectivity index (χ1) is 12.5. The molecule has 26 heavy (non-hydrogen) atoms. The molecule has 0 bridgehead atoms. The second kappa shape index (κ2) is 7.96. The van der Waals surface area contributed by atoms with Gasteiger partial charge in [-0.05, 0) is 62.8 Å². The Morgan fingerprint density at radius 2 is 1.77 bits per heavy atom. The normalized spacial score (nSPS) is 17.2. The highest BCUT2D eigenvalue weighted by Crippen LogP contribution is 2.26. The molecule has 1 unspecified atom stereocenters. The van der Waals surface area contributed by atoms with Gasteiger partial charge in [0.15, 0.2) is 5.11 Å². The summed E-state index contributed by atoms with van der Waals surface area (Å²) in [5.74, 6) is 0.810. The van der Waals surface area contributed by atoms with E-state index in [-0.39, 0.29) is 0 Å². The number of piperazine rings is 1. The standard InChI is InChI=1S/C21H27N3OS/c1-15-5-8-18(9-6-15)24-12-11-23(14-17(24)3)21(26)22-19-13-16(2)7-10-20(19)25-4/h5-10,13,17H,11-12,14H2,1-4H3,(H,22,26). The van der Waals surface area contributed by atoms with Gasteiger partial charge in [-0.3, -0.25) is 0 Å². The van der Waals surface area contributed by atoms with E-state index >= 15 is 0 Å². The molecule has 0 amide bonds. The molecule has 1 saturated heterocycles. The Hall–Kier alpha value is -2.27. The van der Waals surface area contributed by atoms with Gasteiger partial charge in [0.1, 0.15) is 5.75 Å². The molecule has 138 valence electrons. The summed E-state index contributed by atoms with van der Waals surface area (Å²) in [7, 11) is 1.68. The van der Waals surface area contributed by atoms with Crippen LogP contribution in [0, 0.1) is 13.8 Å². The Labute approximate surface area is 161 Å². The van der Waals surface area contributed by atoms with Crippen molar-refractivity contribution in [2.75, 3.05) is 37.0 Å². The molecule has 2 aromatic rings. The number of anilines is 2. The van der Waals surface area contributed by atoms with Crippen LogP contribution < -0.4 is 15.0 Å². The second-order valence-electron chi connectivity index (χ2n) is 6.96. The maximum Gasteiger partial charge on any atom is 0.173 e. The van der Waals surface area contributed by atoms with Gasteiger partial charge >= 0.3 is 0 Å². The average molecular weight is 370 g/mol. The summed E-state index contributed by atoms with van der Waals surface area (Å²) in [4.78, 5) is 4.69. The predicted molar refractivity (Wildman–Crippen MR) is 114 cm³/mol. The number of nitrogens with one attached hydrogen (secondary N) is 1. The minimum absolute atomic E-state index is 0.394. The first kappa shape index (κ1) is 18.5. The maximum atomic E-state index is 5.67. The fourth-order valence-corrected chi connectivity index (χ4v) is 3.65. The molecule has 0 spiro atoms. The number of hydrogen-bond donors (Lipinski definition) is 1. The lowest BCUT2D eigenvalue weighted by Crippen LogP contribution is -2.54. The van der Waals surface area contributed by atoms with E-state index in [1.54, 1.807) is 7.11 Å². The Balaban J connectivity index is 1.66. The average Bonchev–Trinajstić information content (AvgIpc) is 2.63. The molecule has 0 aromatic heterocycles. The van der Waals surface area contributed by atoms with Crippen LogP contribution in [0.15, 0.2) is 42.5 Å². The van der Waals surface area contributed by atoms with E-state index < -0.39 is 0 Å². The third-order valence-corrected chi connectivity index (χ3v) is 5.24. The quantitative estimate of drug-likeness (QED) is 0.818. The Morgan fingerprint density at radius 1 is 1.08 bits per heavy atom. The number of hydrogen-bond acceptors (Lipinski definition) is 3. The van der Waals surface area contributed by atoms with Gasteiger partial charge in [0.25, 0.3) is 0 Å². The molecule has 0 aliphatic carbocycles. The van der Waals surface area contributed by atoms with Crippen molar-refractivity contribution in [2.24, 2.45) is 0 Å². The maximum absolute atomic E-state index is 5.67. The largest absolute Gasteiger partial charge is 0.495 e. The first-order valence-electron chi connectivity index (χ1n) is 9.02. The van der Waals surface area contributed by atoms with Gasteiger partial charge in [-0.2, -0.15) is 0 Å². The van der Waals surface area contributed by atoms with E-state index in [1.165, 1.54) is 16.8 Å². The van der Waals surface area contributed by atoms with Crippen LogP contribution >= 0.6 is 12.2 Å². The first-order valence-corrected chi connectivity index (χ1v) is 9.42. The molecule has 1 fully saturated rings. The van der Waals surface area contributed by atoms with Gasteiger partial charge in [0.05, 0.1) is 12.8 Å².